The van der Waals surface area contributed by atoms with Crippen LogP contribution in [-0.2, 0) is 0 Å². The van der Waals surface area contributed by atoms with E-state index in [-0.39, 0.29) is 0 Å². The molecule has 4 unspecified atom stereocenters. The normalized spacial score (nSPS) is 71.7. The first-order valence-electron chi connectivity index (χ1n) is 8.85. The Bertz CT molecular complexity index is 608. The Hall–Kier alpha value is -0.260. The van der Waals surface area contributed by atoms with Gasteiger partial charge in [0, 0.05) is 5.41 Å². The van der Waals surface area contributed by atoms with E-state index in [4.69, 9.17) is 0 Å². The molecule has 0 aliphatic heterocycles. The van der Waals surface area contributed by atoms with Gasteiger partial charge in [0.05, 0.1) is 0 Å². The zero-order valence-electron chi connectivity index (χ0n) is 12.4. The quantitative estimate of drug-likeness (QED) is 0.658. The van der Waals surface area contributed by atoms with E-state index >= 15 is 0 Å². The minimum Gasteiger partial charge on any atom is -0.0622 e. The van der Waals surface area contributed by atoms with Gasteiger partial charge in [0.2, 0.25) is 0 Å². The smallest absolute Gasteiger partial charge is 0.00606 e. The molecule has 8 atom stereocenters. The molecule has 0 N–H and O–H groups in total. The summed E-state index contributed by atoms with van der Waals surface area (Å²) in [5, 5.41) is 0. The summed E-state index contributed by atoms with van der Waals surface area (Å²) in [7, 11) is 0. The van der Waals surface area contributed by atoms with E-state index in [1.807, 2.05) is 0 Å². The van der Waals surface area contributed by atoms with Gasteiger partial charge in [-0.15, -0.1) is 0 Å². The fourth-order valence-corrected chi connectivity index (χ4v) is 9.12. The average molecular weight is 252 g/mol. The molecule has 7 aliphatic carbocycles. The highest BCUT2D eigenvalue weighted by atomic mass is 15.1. The summed E-state index contributed by atoms with van der Waals surface area (Å²) >= 11 is 0. The van der Waals surface area contributed by atoms with E-state index in [2.05, 4.69) is 31.9 Å². The van der Waals surface area contributed by atoms with Crippen LogP contribution < -0.4 is 0 Å². The van der Waals surface area contributed by atoms with Crippen LogP contribution in [0.3, 0.4) is 0 Å². The molecule has 0 heteroatoms. The Morgan fingerprint density at radius 2 is 2.00 bits per heavy atom. The molecule has 0 aromatic rings. The largest absolute Gasteiger partial charge is 0.0622 e. The van der Waals surface area contributed by atoms with Crippen LogP contribution in [0.1, 0.15) is 46.5 Å². The Balaban J connectivity index is 1.48. The summed E-state index contributed by atoms with van der Waals surface area (Å²) in [4.78, 5) is 0. The molecule has 6 fully saturated rings. The summed E-state index contributed by atoms with van der Waals surface area (Å²) in [6.45, 7) is 7.71. The first-order chi connectivity index (χ1) is 9.10. The topological polar surface area (TPSA) is 0 Å². The Kier molecular flexibility index (Phi) is 1.06. The third-order valence-electron chi connectivity index (χ3n) is 9.27. The van der Waals surface area contributed by atoms with Gasteiger partial charge in [-0.2, -0.15) is 0 Å². The van der Waals surface area contributed by atoms with Gasteiger partial charge in [-0.3, -0.25) is 0 Å². The molecule has 0 heterocycles. The number of hydrogen-bond acceptors (Lipinski definition) is 0. The highest BCUT2D eigenvalue weighted by molar-refractivity contribution is 5.72. The second kappa shape index (κ2) is 2.09. The molecular weight excluding hydrogens is 228 g/mol. The SMILES string of the molecule is CC(C)C1C2=C3[C@@H]4C5[C@H](C215)C1(C[C@H]41)[C@@]3(C)CC1CC1. The standard InChI is InChI=1S/C19H24/c1-8(2)12-15-13-11-10-7-18(10,16-14(11)19(12,15)16)17(13,3)6-9-4-5-9/h8-12,14,16H,4-7H2,1-3H3/t10-,11-,12?,14?,16+,17+,18?,19?/m1/s1. The van der Waals surface area contributed by atoms with Crippen LogP contribution in [-0.4, -0.2) is 0 Å². The van der Waals surface area contributed by atoms with Gasteiger partial charge < -0.3 is 0 Å². The fraction of sp³-hybridized carbons (Fsp3) is 0.895. The zero-order chi connectivity index (χ0) is 12.5. The van der Waals surface area contributed by atoms with Crippen molar-refractivity contribution in [2.75, 3.05) is 0 Å². The highest BCUT2D eigenvalue weighted by Crippen LogP contribution is 3.10. The summed E-state index contributed by atoms with van der Waals surface area (Å²) in [6.07, 6.45) is 6.33. The molecule has 1 spiro atoms. The van der Waals surface area contributed by atoms with Crippen molar-refractivity contribution in [2.24, 2.45) is 57.7 Å². The van der Waals surface area contributed by atoms with Crippen LogP contribution in [0, 0.1) is 57.7 Å². The lowest BCUT2D eigenvalue weighted by atomic mass is 9.61. The van der Waals surface area contributed by atoms with Gasteiger partial charge in [0.15, 0.2) is 0 Å². The molecule has 6 saturated carbocycles. The predicted octanol–water partition coefficient (Wildman–Crippen LogP) is 4.27. The summed E-state index contributed by atoms with van der Waals surface area (Å²) < 4.78 is 0. The number of allylic oxidation sites excluding steroid dienone is 2. The third kappa shape index (κ3) is 0.598. The number of rotatable bonds is 3. The highest BCUT2D eigenvalue weighted by Gasteiger charge is 3.05. The molecule has 7 aliphatic rings. The maximum Gasteiger partial charge on any atom is 0.00606 e. The van der Waals surface area contributed by atoms with Gasteiger partial charge in [0.1, 0.15) is 0 Å². The van der Waals surface area contributed by atoms with Crippen LogP contribution in [0.15, 0.2) is 11.1 Å². The lowest BCUT2D eigenvalue weighted by molar-refractivity contribution is 0.142. The lowest BCUT2D eigenvalue weighted by Gasteiger charge is -2.43. The van der Waals surface area contributed by atoms with Crippen molar-refractivity contribution < 1.29 is 0 Å². The molecule has 0 aromatic heterocycles. The van der Waals surface area contributed by atoms with E-state index in [9.17, 15) is 0 Å². The van der Waals surface area contributed by atoms with E-state index in [0.717, 1.165) is 34.5 Å². The van der Waals surface area contributed by atoms with E-state index < -0.39 is 0 Å². The maximum absolute atomic E-state index is 2.72. The van der Waals surface area contributed by atoms with Gasteiger partial charge >= 0.3 is 0 Å². The molecule has 0 aromatic carbocycles. The first kappa shape index (κ1) is 9.64. The Labute approximate surface area is 116 Å². The molecule has 0 amide bonds. The van der Waals surface area contributed by atoms with Gasteiger partial charge in [0.25, 0.3) is 0 Å². The van der Waals surface area contributed by atoms with Crippen molar-refractivity contribution in [2.45, 2.75) is 46.5 Å². The molecule has 0 saturated heterocycles. The van der Waals surface area contributed by atoms with Crippen molar-refractivity contribution in [3.05, 3.63) is 11.1 Å². The second-order valence-corrected chi connectivity index (χ2v) is 9.84. The van der Waals surface area contributed by atoms with Crippen LogP contribution in [0.4, 0.5) is 0 Å². The molecule has 7 rings (SSSR count). The molecule has 0 radical (unpaired) electrons. The van der Waals surface area contributed by atoms with Gasteiger partial charge in [-0.25, -0.2) is 0 Å². The predicted molar refractivity (Wildman–Crippen MR) is 74.2 cm³/mol. The van der Waals surface area contributed by atoms with Crippen molar-refractivity contribution in [3.63, 3.8) is 0 Å². The van der Waals surface area contributed by atoms with E-state index in [1.165, 1.54) is 17.8 Å². The molecule has 0 nitrogen and oxygen atoms in total. The van der Waals surface area contributed by atoms with Crippen LogP contribution in [0.25, 0.3) is 0 Å². The zero-order valence-corrected chi connectivity index (χ0v) is 12.4. The van der Waals surface area contributed by atoms with E-state index in [1.54, 1.807) is 25.7 Å². The second-order valence-electron chi connectivity index (χ2n) is 9.84. The van der Waals surface area contributed by atoms with Crippen molar-refractivity contribution in [1.29, 1.82) is 0 Å². The first-order valence-corrected chi connectivity index (χ1v) is 8.85. The molecule has 100 valence electrons. The average Bonchev–Trinajstić information content (AvgIpc) is 3.19. The van der Waals surface area contributed by atoms with E-state index in [0.29, 0.717) is 5.41 Å². The summed E-state index contributed by atoms with van der Waals surface area (Å²) in [5.41, 5.74) is 6.59. The summed E-state index contributed by atoms with van der Waals surface area (Å²) in [5.74, 6) is 7.78. The van der Waals surface area contributed by atoms with Crippen LogP contribution >= 0.6 is 0 Å². The van der Waals surface area contributed by atoms with Gasteiger partial charge in [-0.05, 0) is 65.1 Å². The molecular formula is C19H24. The summed E-state index contributed by atoms with van der Waals surface area (Å²) in [6, 6.07) is 0. The van der Waals surface area contributed by atoms with Gasteiger partial charge in [-0.1, -0.05) is 44.8 Å². The molecule has 2 bridgehead atoms. The van der Waals surface area contributed by atoms with Crippen LogP contribution in [0.2, 0.25) is 0 Å². The number of hydrogen-bond donors (Lipinski definition) is 0. The Morgan fingerprint density at radius 1 is 1.21 bits per heavy atom. The Morgan fingerprint density at radius 3 is 2.68 bits per heavy atom. The van der Waals surface area contributed by atoms with Crippen molar-refractivity contribution >= 4 is 0 Å². The maximum atomic E-state index is 2.72. The van der Waals surface area contributed by atoms with Crippen molar-refractivity contribution in [1.82, 2.24) is 0 Å². The minimum atomic E-state index is 0.698. The monoisotopic (exact) mass is 252 g/mol. The third-order valence-corrected chi connectivity index (χ3v) is 9.27. The molecule has 19 heavy (non-hydrogen) atoms. The van der Waals surface area contributed by atoms with Crippen molar-refractivity contribution in [3.8, 4) is 0 Å². The fourth-order valence-electron chi connectivity index (χ4n) is 9.12. The van der Waals surface area contributed by atoms with Crippen LogP contribution in [0.5, 0.6) is 0 Å². The lowest BCUT2D eigenvalue weighted by Crippen LogP contribution is -2.36. The minimum absolute atomic E-state index is 0.698.